The zero-order valence-electron chi connectivity index (χ0n) is 18.1. The molecule has 162 valence electrons. The van der Waals surface area contributed by atoms with E-state index >= 15 is 0 Å². The summed E-state index contributed by atoms with van der Waals surface area (Å²) in [5.41, 5.74) is 0. The van der Waals surface area contributed by atoms with Gasteiger partial charge < -0.3 is 29.7 Å². The predicted octanol–water partition coefficient (Wildman–Crippen LogP) is 2.12. The maximum atomic E-state index is 9.85. The Labute approximate surface area is 199 Å². The summed E-state index contributed by atoms with van der Waals surface area (Å²) in [7, 11) is 0. The standard InChI is InChI=1S/3C7H14O2.La/c3*1-2-3-4-5-6-7(8)9;/h3*2-6H2,1H3,(H,8,9);/q;;;+3/p-3. The van der Waals surface area contributed by atoms with E-state index < -0.39 is 17.9 Å². The molecule has 0 aliphatic heterocycles. The van der Waals surface area contributed by atoms with Gasteiger partial charge in [0.25, 0.3) is 0 Å². The van der Waals surface area contributed by atoms with Gasteiger partial charge in [0.1, 0.15) is 0 Å². The van der Waals surface area contributed by atoms with E-state index in [1.54, 1.807) is 0 Å². The first-order chi connectivity index (χ1) is 12.8. The number of hydrogen-bond donors (Lipinski definition) is 0. The minimum Gasteiger partial charge on any atom is -0.550 e. The number of carboxylic acid groups (broad SMARTS) is 3. The van der Waals surface area contributed by atoms with Crippen molar-refractivity contribution in [2.75, 3.05) is 0 Å². The molecule has 0 saturated carbocycles. The Bertz CT molecular complexity index is 295. The third-order valence-electron chi connectivity index (χ3n) is 3.70. The molecular formula is C21H39LaO6. The maximum Gasteiger partial charge on any atom is 3.00 e. The van der Waals surface area contributed by atoms with Gasteiger partial charge in [-0.25, -0.2) is 0 Å². The molecular weight excluding hydrogens is 487 g/mol. The third kappa shape index (κ3) is 50.0. The average Bonchev–Trinajstić information content (AvgIpc) is 2.60. The molecule has 0 spiro atoms. The zero-order chi connectivity index (χ0) is 21.3. The molecule has 0 unspecified atom stereocenters. The van der Waals surface area contributed by atoms with E-state index in [2.05, 4.69) is 20.8 Å². The fourth-order valence-electron chi connectivity index (χ4n) is 2.09. The van der Waals surface area contributed by atoms with Gasteiger partial charge in [-0.1, -0.05) is 78.6 Å². The van der Waals surface area contributed by atoms with Gasteiger partial charge in [0.05, 0.1) is 0 Å². The minimum absolute atomic E-state index is 0. The van der Waals surface area contributed by atoms with Crippen LogP contribution in [0.5, 0.6) is 0 Å². The van der Waals surface area contributed by atoms with Gasteiger partial charge in [-0.2, -0.15) is 0 Å². The van der Waals surface area contributed by atoms with E-state index in [1.165, 1.54) is 0 Å². The number of hydrogen-bond acceptors (Lipinski definition) is 6. The summed E-state index contributed by atoms with van der Waals surface area (Å²) in [6.07, 6.45) is 12.9. The van der Waals surface area contributed by atoms with Crippen molar-refractivity contribution in [1.29, 1.82) is 0 Å². The number of unbranched alkanes of at least 4 members (excludes halogenated alkanes) is 9. The maximum absolute atomic E-state index is 9.85. The molecule has 28 heavy (non-hydrogen) atoms. The van der Waals surface area contributed by atoms with E-state index in [0.29, 0.717) is 0 Å². The van der Waals surface area contributed by atoms with Crippen molar-refractivity contribution in [3.05, 3.63) is 0 Å². The van der Waals surface area contributed by atoms with Crippen molar-refractivity contribution in [3.8, 4) is 0 Å². The largest absolute Gasteiger partial charge is 3.00 e. The van der Waals surface area contributed by atoms with Crippen LogP contribution in [0.1, 0.15) is 117 Å². The normalized spacial score (nSPS) is 9.11. The summed E-state index contributed by atoms with van der Waals surface area (Å²) in [4.78, 5) is 29.6. The van der Waals surface area contributed by atoms with Gasteiger partial charge in [-0.15, -0.1) is 0 Å². The SMILES string of the molecule is CCCCCCC(=O)[O-].CCCCCCC(=O)[O-].CCCCCCC(=O)[O-].[La+3]. The fourth-order valence-corrected chi connectivity index (χ4v) is 2.09. The van der Waals surface area contributed by atoms with Crippen molar-refractivity contribution < 1.29 is 65.3 Å². The van der Waals surface area contributed by atoms with Crippen LogP contribution in [0.4, 0.5) is 0 Å². The summed E-state index contributed by atoms with van der Waals surface area (Å²) in [6.45, 7) is 6.29. The molecule has 0 amide bonds. The van der Waals surface area contributed by atoms with Gasteiger partial charge >= 0.3 is 35.6 Å². The van der Waals surface area contributed by atoms with E-state index in [4.69, 9.17) is 0 Å². The summed E-state index contributed by atoms with van der Waals surface area (Å²) >= 11 is 0. The van der Waals surface area contributed by atoms with Crippen molar-refractivity contribution in [3.63, 3.8) is 0 Å². The van der Waals surface area contributed by atoms with Crippen molar-refractivity contribution in [1.82, 2.24) is 0 Å². The summed E-state index contributed by atoms with van der Waals surface area (Å²) in [5, 5.41) is 29.6. The smallest absolute Gasteiger partial charge is 0.550 e. The van der Waals surface area contributed by atoms with Crippen LogP contribution in [0.3, 0.4) is 0 Å². The van der Waals surface area contributed by atoms with Crippen LogP contribution in [-0.4, -0.2) is 17.9 Å². The first-order valence-corrected chi connectivity index (χ1v) is 10.4. The molecule has 0 aliphatic carbocycles. The fraction of sp³-hybridized carbons (Fsp3) is 0.857. The van der Waals surface area contributed by atoms with Gasteiger partial charge in [0, 0.05) is 17.9 Å². The molecule has 0 N–H and O–H groups in total. The Morgan fingerprint density at radius 1 is 0.464 bits per heavy atom. The van der Waals surface area contributed by atoms with E-state index in [9.17, 15) is 29.7 Å². The van der Waals surface area contributed by atoms with Crippen LogP contribution in [0, 0.1) is 35.6 Å². The second kappa shape index (κ2) is 31.3. The molecule has 0 saturated heterocycles. The Kier molecular flexibility index (Phi) is 39.2. The monoisotopic (exact) mass is 526 g/mol. The Balaban J connectivity index is -0.000000152. The summed E-state index contributed by atoms with van der Waals surface area (Å²) in [5.74, 6) is -2.77. The molecule has 6 nitrogen and oxygen atoms in total. The molecule has 0 aliphatic rings. The molecule has 0 fully saturated rings. The van der Waals surface area contributed by atoms with Crippen molar-refractivity contribution in [2.24, 2.45) is 0 Å². The molecule has 0 heterocycles. The molecule has 0 aromatic carbocycles. The summed E-state index contributed by atoms with van der Waals surface area (Å²) in [6, 6.07) is 0. The number of aliphatic carboxylic acids is 3. The van der Waals surface area contributed by atoms with Gasteiger partial charge in [-0.05, 0) is 38.5 Å². The average molecular weight is 526 g/mol. The van der Waals surface area contributed by atoms with Gasteiger partial charge in [0.15, 0.2) is 0 Å². The number of rotatable bonds is 15. The van der Waals surface area contributed by atoms with Crippen LogP contribution in [0.2, 0.25) is 0 Å². The van der Waals surface area contributed by atoms with Crippen LogP contribution in [0.15, 0.2) is 0 Å². The predicted molar refractivity (Wildman–Crippen MR) is 101 cm³/mol. The molecule has 0 bridgehead atoms. The quantitative estimate of drug-likeness (QED) is 0.302. The second-order valence-electron chi connectivity index (χ2n) is 6.55. The van der Waals surface area contributed by atoms with Crippen LogP contribution >= 0.6 is 0 Å². The second-order valence-corrected chi connectivity index (χ2v) is 6.55. The van der Waals surface area contributed by atoms with Gasteiger partial charge in [-0.3, -0.25) is 0 Å². The van der Waals surface area contributed by atoms with E-state index in [-0.39, 0.29) is 54.9 Å². The molecule has 7 heteroatoms. The Morgan fingerprint density at radius 3 is 0.821 bits per heavy atom. The molecule has 0 atom stereocenters. The van der Waals surface area contributed by atoms with Crippen LogP contribution in [0.25, 0.3) is 0 Å². The number of carbonyl (C=O) groups is 3. The van der Waals surface area contributed by atoms with Crippen molar-refractivity contribution in [2.45, 2.75) is 117 Å². The minimum atomic E-state index is -0.925. The van der Waals surface area contributed by atoms with Gasteiger partial charge in [0.2, 0.25) is 0 Å². The molecule has 0 rings (SSSR count). The molecule has 0 aromatic heterocycles. The first-order valence-electron chi connectivity index (χ1n) is 10.4. The topological polar surface area (TPSA) is 120 Å². The van der Waals surface area contributed by atoms with Crippen LogP contribution in [-0.2, 0) is 14.4 Å². The summed E-state index contributed by atoms with van der Waals surface area (Å²) < 4.78 is 0. The first kappa shape index (κ1) is 35.1. The Morgan fingerprint density at radius 2 is 0.679 bits per heavy atom. The zero-order valence-corrected chi connectivity index (χ0v) is 21.8. The van der Waals surface area contributed by atoms with Crippen molar-refractivity contribution >= 4 is 17.9 Å². The number of carboxylic acids is 3. The van der Waals surface area contributed by atoms with E-state index in [1.807, 2.05) is 0 Å². The van der Waals surface area contributed by atoms with E-state index in [0.717, 1.165) is 77.0 Å². The molecule has 0 radical (unpaired) electrons. The Hall–Kier alpha value is -0.395. The number of carbonyl (C=O) groups excluding carboxylic acids is 3. The van der Waals surface area contributed by atoms with Crippen LogP contribution < -0.4 is 15.3 Å². The third-order valence-corrected chi connectivity index (χ3v) is 3.70. The molecule has 0 aromatic rings.